The summed E-state index contributed by atoms with van der Waals surface area (Å²) in [6.45, 7) is 0. The molecule has 0 atom stereocenters. The van der Waals surface area contributed by atoms with Gasteiger partial charge in [0.25, 0.3) is 0 Å². The zero-order valence-corrected chi connectivity index (χ0v) is 16.5. The van der Waals surface area contributed by atoms with Crippen molar-refractivity contribution in [3.05, 3.63) is 87.5 Å². The van der Waals surface area contributed by atoms with E-state index in [9.17, 15) is 14.7 Å². The summed E-state index contributed by atoms with van der Waals surface area (Å²) in [5.74, 6) is -0.956. The number of fused-ring (bicyclic) bond motifs is 1. The fourth-order valence-electron chi connectivity index (χ4n) is 2.97. The van der Waals surface area contributed by atoms with E-state index in [1.165, 1.54) is 25.3 Å². The van der Waals surface area contributed by atoms with Gasteiger partial charge in [0.15, 0.2) is 17.3 Å². The Balaban J connectivity index is 1.85. The van der Waals surface area contributed by atoms with Crippen molar-refractivity contribution in [2.75, 3.05) is 7.11 Å². The molecule has 0 bridgehead atoms. The van der Waals surface area contributed by atoms with Gasteiger partial charge in [0.05, 0.1) is 18.1 Å². The molecule has 150 valence electrons. The van der Waals surface area contributed by atoms with E-state index in [0.717, 1.165) is 0 Å². The highest BCUT2D eigenvalue weighted by Crippen LogP contribution is 2.33. The molecule has 0 saturated heterocycles. The summed E-state index contributed by atoms with van der Waals surface area (Å²) in [6, 6.07) is 17.3. The molecule has 4 aromatic rings. The molecule has 0 aliphatic heterocycles. The maximum absolute atomic E-state index is 13.1. The number of ether oxygens (including phenoxy) is 2. The van der Waals surface area contributed by atoms with Crippen LogP contribution >= 0.6 is 11.6 Å². The number of esters is 1. The third-order valence-corrected chi connectivity index (χ3v) is 4.72. The van der Waals surface area contributed by atoms with Gasteiger partial charge in [-0.3, -0.25) is 4.79 Å². The van der Waals surface area contributed by atoms with Crippen LogP contribution in [0.1, 0.15) is 10.4 Å². The smallest absolute Gasteiger partial charge is 0.343 e. The van der Waals surface area contributed by atoms with Crippen molar-refractivity contribution in [1.82, 2.24) is 0 Å². The molecule has 3 aromatic carbocycles. The van der Waals surface area contributed by atoms with Crippen LogP contribution in [0.5, 0.6) is 17.2 Å². The first-order valence-electron chi connectivity index (χ1n) is 8.89. The number of rotatable bonds is 4. The number of carbonyl (C=O) groups excluding carboxylic acids is 1. The predicted octanol–water partition coefficient (Wildman–Crippen LogP) is 5.05. The van der Waals surface area contributed by atoms with Crippen LogP contribution < -0.4 is 14.9 Å². The minimum atomic E-state index is -0.800. The molecular weight excluding hydrogens is 408 g/mol. The highest BCUT2D eigenvalue weighted by atomic mass is 35.5. The fourth-order valence-corrected chi connectivity index (χ4v) is 3.09. The first-order valence-corrected chi connectivity index (χ1v) is 9.26. The number of carbonyl (C=O) groups is 1. The summed E-state index contributed by atoms with van der Waals surface area (Å²) in [6.07, 6.45) is 0. The minimum absolute atomic E-state index is 0.0965. The Kier molecular flexibility index (Phi) is 5.16. The van der Waals surface area contributed by atoms with E-state index < -0.39 is 11.4 Å². The topological polar surface area (TPSA) is 86.0 Å². The molecule has 0 unspecified atom stereocenters. The van der Waals surface area contributed by atoms with Crippen LogP contribution in [0.4, 0.5) is 0 Å². The second kappa shape index (κ2) is 7.93. The second-order valence-corrected chi connectivity index (χ2v) is 6.81. The van der Waals surface area contributed by atoms with Gasteiger partial charge in [-0.25, -0.2) is 4.79 Å². The number of benzene rings is 3. The van der Waals surface area contributed by atoms with Crippen molar-refractivity contribution in [2.24, 2.45) is 0 Å². The van der Waals surface area contributed by atoms with Crippen molar-refractivity contribution in [2.45, 2.75) is 0 Å². The number of hydrogen-bond donors (Lipinski definition) is 1. The van der Waals surface area contributed by atoms with Crippen molar-refractivity contribution < 1.29 is 23.8 Å². The third-order valence-electron chi connectivity index (χ3n) is 4.47. The first kappa shape index (κ1) is 19.5. The molecule has 1 aromatic heterocycles. The van der Waals surface area contributed by atoms with Gasteiger partial charge in [-0.15, -0.1) is 0 Å². The molecule has 1 heterocycles. The number of hydrogen-bond acceptors (Lipinski definition) is 6. The molecule has 0 aliphatic carbocycles. The highest BCUT2D eigenvalue weighted by Gasteiger charge is 2.22. The van der Waals surface area contributed by atoms with E-state index in [1.54, 1.807) is 48.5 Å². The SMILES string of the molecule is COc1cc(C(=O)Oc2c(-c3ccc(Cl)cc3)oc3ccccc3c2=O)ccc1O. The lowest BCUT2D eigenvalue weighted by Gasteiger charge is -2.11. The van der Waals surface area contributed by atoms with Gasteiger partial charge in [-0.2, -0.15) is 0 Å². The Morgan fingerprint density at radius 2 is 1.77 bits per heavy atom. The lowest BCUT2D eigenvalue weighted by molar-refractivity contribution is 0.0731. The van der Waals surface area contributed by atoms with Gasteiger partial charge in [0, 0.05) is 10.6 Å². The van der Waals surface area contributed by atoms with Crippen molar-refractivity contribution in [3.63, 3.8) is 0 Å². The third kappa shape index (κ3) is 3.60. The lowest BCUT2D eigenvalue weighted by Crippen LogP contribution is -2.16. The van der Waals surface area contributed by atoms with E-state index in [1.807, 2.05) is 0 Å². The van der Waals surface area contributed by atoms with Crippen LogP contribution in [-0.4, -0.2) is 18.2 Å². The monoisotopic (exact) mass is 422 g/mol. The molecule has 0 aliphatic rings. The maximum atomic E-state index is 13.1. The maximum Gasteiger partial charge on any atom is 0.343 e. The van der Waals surface area contributed by atoms with E-state index >= 15 is 0 Å². The van der Waals surface area contributed by atoms with Crippen LogP contribution in [0.3, 0.4) is 0 Å². The summed E-state index contributed by atoms with van der Waals surface area (Å²) < 4.78 is 16.4. The quantitative estimate of drug-likeness (QED) is 0.463. The number of halogens is 1. The first-order chi connectivity index (χ1) is 14.5. The fraction of sp³-hybridized carbons (Fsp3) is 0.0435. The number of para-hydroxylation sites is 1. The van der Waals surface area contributed by atoms with Gasteiger partial charge in [-0.05, 0) is 54.6 Å². The highest BCUT2D eigenvalue weighted by molar-refractivity contribution is 6.30. The van der Waals surface area contributed by atoms with Gasteiger partial charge >= 0.3 is 5.97 Å². The Labute approximate surface area is 175 Å². The number of methoxy groups -OCH3 is 1. The Hall–Kier alpha value is -3.77. The average Bonchev–Trinajstić information content (AvgIpc) is 2.76. The molecule has 0 fully saturated rings. The zero-order chi connectivity index (χ0) is 21.3. The summed E-state index contributed by atoms with van der Waals surface area (Å²) in [7, 11) is 1.36. The molecular formula is C23H15ClO6. The zero-order valence-electron chi connectivity index (χ0n) is 15.7. The molecule has 4 rings (SSSR count). The van der Waals surface area contributed by atoms with Gasteiger partial charge in [-0.1, -0.05) is 23.7 Å². The molecule has 0 amide bonds. The number of phenolic OH excluding ortho intramolecular Hbond substituents is 1. The summed E-state index contributed by atoms with van der Waals surface area (Å²) >= 11 is 5.96. The summed E-state index contributed by atoms with van der Waals surface area (Å²) in [5, 5.41) is 10.5. The van der Waals surface area contributed by atoms with Crippen LogP contribution in [-0.2, 0) is 0 Å². The second-order valence-electron chi connectivity index (χ2n) is 6.37. The average molecular weight is 423 g/mol. The van der Waals surface area contributed by atoms with E-state index in [2.05, 4.69) is 0 Å². The largest absolute Gasteiger partial charge is 0.504 e. The van der Waals surface area contributed by atoms with Gasteiger partial charge in [0.2, 0.25) is 11.2 Å². The number of phenols is 1. The van der Waals surface area contributed by atoms with Gasteiger partial charge < -0.3 is 19.0 Å². The van der Waals surface area contributed by atoms with Crippen molar-refractivity contribution in [3.8, 4) is 28.6 Å². The van der Waals surface area contributed by atoms with E-state index in [-0.39, 0.29) is 34.0 Å². The van der Waals surface area contributed by atoms with Crippen LogP contribution in [0.25, 0.3) is 22.3 Å². The summed E-state index contributed by atoms with van der Waals surface area (Å²) in [5.41, 5.74) is 0.493. The molecule has 0 saturated carbocycles. The van der Waals surface area contributed by atoms with Crippen LogP contribution in [0.2, 0.25) is 5.02 Å². The molecule has 30 heavy (non-hydrogen) atoms. The normalized spacial score (nSPS) is 10.7. The van der Waals surface area contributed by atoms with Crippen LogP contribution in [0.15, 0.2) is 75.9 Å². The van der Waals surface area contributed by atoms with Crippen molar-refractivity contribution in [1.29, 1.82) is 0 Å². The Morgan fingerprint density at radius 3 is 2.50 bits per heavy atom. The molecule has 6 nitrogen and oxygen atoms in total. The lowest BCUT2D eigenvalue weighted by atomic mass is 10.1. The van der Waals surface area contributed by atoms with Crippen LogP contribution in [0, 0.1) is 0 Å². The summed E-state index contributed by atoms with van der Waals surface area (Å²) in [4.78, 5) is 25.9. The van der Waals surface area contributed by atoms with E-state index in [0.29, 0.717) is 16.2 Å². The molecule has 7 heteroatoms. The molecule has 0 spiro atoms. The Bertz CT molecular complexity index is 1310. The Morgan fingerprint density at radius 1 is 1.03 bits per heavy atom. The van der Waals surface area contributed by atoms with Crippen molar-refractivity contribution >= 4 is 28.5 Å². The van der Waals surface area contributed by atoms with E-state index in [4.69, 9.17) is 25.5 Å². The van der Waals surface area contributed by atoms with Gasteiger partial charge in [0.1, 0.15) is 5.58 Å². The standard InChI is InChI=1S/C23H15ClO6/c1-28-19-12-14(8-11-17(19)25)23(27)30-22-20(26)16-4-2-3-5-18(16)29-21(22)13-6-9-15(24)10-7-13/h2-12,25H,1H3. The predicted molar refractivity (Wildman–Crippen MR) is 113 cm³/mol. The number of aromatic hydroxyl groups is 1. The molecule has 0 radical (unpaired) electrons. The molecule has 1 N–H and O–H groups in total. The minimum Gasteiger partial charge on any atom is -0.504 e.